The molecule has 1 N–H and O–H groups in total. The van der Waals surface area contributed by atoms with Gasteiger partial charge in [-0.1, -0.05) is 50.1 Å². The lowest BCUT2D eigenvalue weighted by Gasteiger charge is -2.16. The Bertz CT molecular complexity index is 679. The number of thiophene rings is 1. The lowest BCUT2D eigenvalue weighted by atomic mass is 10.1. The quantitative estimate of drug-likeness (QED) is 0.751. The van der Waals surface area contributed by atoms with Crippen molar-refractivity contribution >= 4 is 28.9 Å². The van der Waals surface area contributed by atoms with E-state index in [0.717, 1.165) is 29.7 Å². The maximum atomic E-state index is 12.3. The number of rotatable bonds is 7. The van der Waals surface area contributed by atoms with Crippen LogP contribution in [0.1, 0.15) is 42.3 Å². The average molecular weight is 331 g/mol. The molecule has 0 fully saturated rings. The molecule has 4 nitrogen and oxygen atoms in total. The van der Waals surface area contributed by atoms with Gasteiger partial charge in [-0.3, -0.25) is 4.79 Å². The smallest absolute Gasteiger partial charge is 0.348 e. The molecule has 0 saturated carbocycles. The first kappa shape index (κ1) is 17.2. The van der Waals surface area contributed by atoms with E-state index in [-0.39, 0.29) is 10.8 Å². The second-order valence-corrected chi connectivity index (χ2v) is 6.46. The van der Waals surface area contributed by atoms with Crippen molar-refractivity contribution in [2.75, 3.05) is 11.9 Å². The van der Waals surface area contributed by atoms with E-state index in [4.69, 9.17) is 0 Å². The van der Waals surface area contributed by atoms with Gasteiger partial charge < -0.3 is 10.0 Å². The van der Waals surface area contributed by atoms with Crippen molar-refractivity contribution in [3.8, 4) is 10.4 Å². The first-order valence-electron chi connectivity index (χ1n) is 7.73. The van der Waals surface area contributed by atoms with E-state index in [9.17, 15) is 14.7 Å². The van der Waals surface area contributed by atoms with Gasteiger partial charge in [-0.2, -0.15) is 0 Å². The van der Waals surface area contributed by atoms with Crippen molar-refractivity contribution in [2.45, 2.75) is 32.6 Å². The Morgan fingerprint density at radius 3 is 2.48 bits per heavy atom. The second-order valence-electron chi connectivity index (χ2n) is 5.41. The summed E-state index contributed by atoms with van der Waals surface area (Å²) in [7, 11) is 1.65. The van der Waals surface area contributed by atoms with Gasteiger partial charge in [0.15, 0.2) is 0 Å². The second kappa shape index (κ2) is 7.92. The molecule has 1 aromatic heterocycles. The molecule has 0 aliphatic rings. The van der Waals surface area contributed by atoms with Gasteiger partial charge >= 0.3 is 5.97 Å². The fraction of sp³-hybridized carbons (Fsp3) is 0.333. The topological polar surface area (TPSA) is 57.6 Å². The first-order valence-corrected chi connectivity index (χ1v) is 8.55. The van der Waals surface area contributed by atoms with E-state index in [1.165, 1.54) is 16.2 Å². The normalized spacial score (nSPS) is 10.5. The molecule has 0 unspecified atom stereocenters. The monoisotopic (exact) mass is 331 g/mol. The highest BCUT2D eigenvalue weighted by Gasteiger charge is 2.22. The molecule has 5 heteroatoms. The van der Waals surface area contributed by atoms with Crippen LogP contribution in [-0.4, -0.2) is 24.0 Å². The van der Waals surface area contributed by atoms with Gasteiger partial charge in [0.05, 0.1) is 5.69 Å². The van der Waals surface area contributed by atoms with E-state index < -0.39 is 5.97 Å². The third kappa shape index (κ3) is 4.20. The van der Waals surface area contributed by atoms with Crippen LogP contribution in [0.5, 0.6) is 0 Å². The summed E-state index contributed by atoms with van der Waals surface area (Å²) in [6, 6.07) is 11.4. The van der Waals surface area contributed by atoms with E-state index in [1.54, 1.807) is 13.1 Å². The summed E-state index contributed by atoms with van der Waals surface area (Å²) in [4.78, 5) is 26.3. The number of hydrogen-bond donors (Lipinski definition) is 1. The Hall–Kier alpha value is -2.14. The third-order valence-electron chi connectivity index (χ3n) is 3.69. The minimum atomic E-state index is -1.000. The zero-order chi connectivity index (χ0) is 16.8. The number of hydrogen-bond acceptors (Lipinski definition) is 3. The van der Waals surface area contributed by atoms with Crippen molar-refractivity contribution in [3.63, 3.8) is 0 Å². The van der Waals surface area contributed by atoms with Gasteiger partial charge in [0, 0.05) is 18.3 Å². The maximum absolute atomic E-state index is 12.3. The number of benzene rings is 1. The molecule has 1 heterocycles. The summed E-state index contributed by atoms with van der Waals surface area (Å²) in [5, 5.41) is 9.44. The van der Waals surface area contributed by atoms with Gasteiger partial charge in [-0.25, -0.2) is 4.79 Å². The van der Waals surface area contributed by atoms with Crippen LogP contribution in [0.25, 0.3) is 10.4 Å². The zero-order valence-corrected chi connectivity index (χ0v) is 14.2. The number of anilines is 1. The molecule has 0 radical (unpaired) electrons. The highest BCUT2D eigenvalue weighted by Crippen LogP contribution is 2.36. The number of aromatic carboxylic acids is 1. The number of amides is 1. The Morgan fingerprint density at radius 2 is 1.87 bits per heavy atom. The van der Waals surface area contributed by atoms with Gasteiger partial charge in [-0.15, -0.1) is 11.3 Å². The Balaban J connectivity index is 2.28. The van der Waals surface area contributed by atoms with Gasteiger partial charge in [0.2, 0.25) is 5.91 Å². The average Bonchev–Trinajstić information content (AvgIpc) is 3.00. The van der Waals surface area contributed by atoms with Crippen LogP contribution in [0.15, 0.2) is 36.4 Å². The summed E-state index contributed by atoms with van der Waals surface area (Å²) in [6.07, 6.45) is 3.33. The number of carbonyl (C=O) groups excluding carboxylic acids is 1. The minimum Gasteiger partial charge on any atom is -0.477 e. The summed E-state index contributed by atoms with van der Waals surface area (Å²) in [6.45, 7) is 2.09. The summed E-state index contributed by atoms with van der Waals surface area (Å²) in [5.41, 5.74) is 1.43. The fourth-order valence-corrected chi connectivity index (χ4v) is 3.39. The number of carbonyl (C=O) groups is 2. The first-order chi connectivity index (χ1) is 11.0. The molecule has 122 valence electrons. The fourth-order valence-electron chi connectivity index (χ4n) is 2.36. The Kier molecular flexibility index (Phi) is 5.93. The molecule has 1 amide bonds. The van der Waals surface area contributed by atoms with E-state index >= 15 is 0 Å². The van der Waals surface area contributed by atoms with Crippen LogP contribution in [-0.2, 0) is 4.79 Å². The third-order valence-corrected chi connectivity index (χ3v) is 4.86. The molecule has 2 rings (SSSR count). The highest BCUT2D eigenvalue weighted by molar-refractivity contribution is 7.18. The minimum absolute atomic E-state index is 0.0432. The Morgan fingerprint density at radius 1 is 1.17 bits per heavy atom. The van der Waals surface area contributed by atoms with E-state index in [1.807, 2.05) is 30.3 Å². The van der Waals surface area contributed by atoms with Crippen molar-refractivity contribution in [3.05, 3.63) is 41.3 Å². The molecule has 1 aromatic carbocycles. The van der Waals surface area contributed by atoms with Crippen molar-refractivity contribution in [2.24, 2.45) is 0 Å². The van der Waals surface area contributed by atoms with E-state index in [0.29, 0.717) is 12.1 Å². The summed E-state index contributed by atoms with van der Waals surface area (Å²) in [5.74, 6) is -1.04. The molecule has 2 aromatic rings. The van der Waals surface area contributed by atoms with Gasteiger partial charge in [-0.05, 0) is 18.1 Å². The highest BCUT2D eigenvalue weighted by atomic mass is 32.1. The maximum Gasteiger partial charge on any atom is 0.348 e. The Labute approximate surface area is 140 Å². The van der Waals surface area contributed by atoms with Crippen molar-refractivity contribution in [1.82, 2.24) is 0 Å². The molecule has 0 aliphatic heterocycles. The number of carboxylic acids is 1. The molecule has 0 spiro atoms. The number of unbranched alkanes of at least 4 members (excludes halogenated alkanes) is 2. The van der Waals surface area contributed by atoms with Crippen LogP contribution in [0, 0.1) is 0 Å². The van der Waals surface area contributed by atoms with Crippen LogP contribution in [0.2, 0.25) is 0 Å². The molecular weight excluding hydrogens is 310 g/mol. The van der Waals surface area contributed by atoms with Crippen molar-refractivity contribution in [1.29, 1.82) is 0 Å². The number of nitrogens with zero attached hydrogens (tertiary/aromatic N) is 1. The van der Waals surface area contributed by atoms with Gasteiger partial charge in [0.25, 0.3) is 0 Å². The lowest BCUT2D eigenvalue weighted by Crippen LogP contribution is -2.26. The molecule has 0 saturated heterocycles. The summed E-state index contributed by atoms with van der Waals surface area (Å²) >= 11 is 1.20. The lowest BCUT2D eigenvalue weighted by molar-refractivity contribution is -0.118. The molecule has 23 heavy (non-hydrogen) atoms. The van der Waals surface area contributed by atoms with Crippen LogP contribution < -0.4 is 4.90 Å². The SMILES string of the molecule is CCCCCC(=O)N(C)c1cc(-c2ccccc2)sc1C(=O)O. The van der Waals surface area contributed by atoms with Crippen LogP contribution in [0.3, 0.4) is 0 Å². The molecule has 0 bridgehead atoms. The van der Waals surface area contributed by atoms with Gasteiger partial charge in [0.1, 0.15) is 4.88 Å². The predicted octanol–water partition coefficient (Wildman–Crippen LogP) is 4.66. The largest absolute Gasteiger partial charge is 0.477 e. The predicted molar refractivity (Wildman–Crippen MR) is 94.3 cm³/mol. The molecular formula is C18H21NO3S. The molecule has 0 atom stereocenters. The van der Waals surface area contributed by atoms with Crippen LogP contribution in [0.4, 0.5) is 5.69 Å². The molecule has 0 aliphatic carbocycles. The van der Waals surface area contributed by atoms with E-state index in [2.05, 4.69) is 6.92 Å². The van der Waals surface area contributed by atoms with Crippen LogP contribution >= 0.6 is 11.3 Å². The van der Waals surface area contributed by atoms with Crippen molar-refractivity contribution < 1.29 is 14.7 Å². The number of carboxylic acid groups (broad SMARTS) is 1. The standard InChI is InChI=1S/C18H21NO3S/c1-3-4-6-11-16(20)19(2)14-12-15(23-17(14)18(21)22)13-9-7-5-8-10-13/h5,7-10,12H,3-4,6,11H2,1-2H3,(H,21,22). The zero-order valence-electron chi connectivity index (χ0n) is 13.4. The summed E-state index contributed by atoms with van der Waals surface area (Å²) < 4.78 is 0.